The predicted octanol–water partition coefficient (Wildman–Crippen LogP) is 2.21. The predicted molar refractivity (Wildman–Crippen MR) is 78.2 cm³/mol. The van der Waals surface area contributed by atoms with Gasteiger partial charge < -0.3 is 15.6 Å². The van der Waals surface area contributed by atoms with Gasteiger partial charge in [0, 0.05) is 25.3 Å². The van der Waals surface area contributed by atoms with E-state index in [-0.39, 0.29) is 5.91 Å². The molecule has 1 aromatic heterocycles. The van der Waals surface area contributed by atoms with Gasteiger partial charge >= 0.3 is 0 Å². The monoisotopic (exact) mass is 269 g/mol. The molecule has 0 bridgehead atoms. The van der Waals surface area contributed by atoms with Crippen molar-refractivity contribution < 1.29 is 4.79 Å². The average Bonchev–Trinajstić information content (AvgIpc) is 3.22. The molecule has 4 heteroatoms. The van der Waals surface area contributed by atoms with Crippen molar-refractivity contribution in [2.24, 2.45) is 5.73 Å². The van der Waals surface area contributed by atoms with E-state index >= 15 is 0 Å². The van der Waals surface area contributed by atoms with E-state index in [2.05, 4.69) is 9.88 Å². The van der Waals surface area contributed by atoms with Crippen LogP contribution < -0.4 is 11.1 Å². The fraction of sp³-hybridized carbons (Fsp3) is 0.312. The Kier molecular flexibility index (Phi) is 3.56. The number of carbonyl (C=O) groups is 1. The van der Waals surface area contributed by atoms with Gasteiger partial charge in [-0.25, -0.2) is 0 Å². The molecule has 1 amide bonds. The summed E-state index contributed by atoms with van der Waals surface area (Å²) in [6.07, 6.45) is 4.34. The zero-order chi connectivity index (χ0) is 13.9. The van der Waals surface area contributed by atoms with Crippen LogP contribution in [0, 0.1) is 0 Å². The summed E-state index contributed by atoms with van der Waals surface area (Å²) in [7, 11) is 0. The largest absolute Gasteiger partial charge is 0.347 e. The molecule has 20 heavy (non-hydrogen) atoms. The zero-order valence-corrected chi connectivity index (χ0v) is 11.4. The highest BCUT2D eigenvalue weighted by Crippen LogP contribution is 2.35. The van der Waals surface area contributed by atoms with Crippen molar-refractivity contribution in [2.45, 2.75) is 32.0 Å². The van der Waals surface area contributed by atoms with Crippen LogP contribution in [0.15, 0.2) is 42.6 Å². The summed E-state index contributed by atoms with van der Waals surface area (Å²) in [6, 6.07) is 12.3. The number of rotatable bonds is 5. The summed E-state index contributed by atoms with van der Waals surface area (Å²) in [4.78, 5) is 12.2. The summed E-state index contributed by atoms with van der Waals surface area (Å²) in [5.41, 5.74) is 8.50. The lowest BCUT2D eigenvalue weighted by Gasteiger charge is -2.09. The molecular formula is C16H19N3O. The molecule has 0 atom stereocenters. The number of benzene rings is 1. The number of nitrogens with one attached hydrogen (secondary N) is 1. The Morgan fingerprint density at radius 3 is 2.55 bits per heavy atom. The van der Waals surface area contributed by atoms with Crippen molar-refractivity contribution in [1.82, 2.24) is 9.88 Å². The van der Waals surface area contributed by atoms with Crippen LogP contribution in [-0.4, -0.2) is 10.5 Å². The van der Waals surface area contributed by atoms with Gasteiger partial charge in [-0.05, 0) is 36.1 Å². The van der Waals surface area contributed by atoms with Gasteiger partial charge in [-0.15, -0.1) is 0 Å². The minimum Gasteiger partial charge on any atom is -0.347 e. The maximum absolute atomic E-state index is 12.2. The molecule has 0 unspecified atom stereocenters. The summed E-state index contributed by atoms with van der Waals surface area (Å²) >= 11 is 0. The minimum absolute atomic E-state index is 0.00944. The van der Waals surface area contributed by atoms with E-state index < -0.39 is 0 Å². The topological polar surface area (TPSA) is 60.0 Å². The van der Waals surface area contributed by atoms with Gasteiger partial charge in [0.05, 0.1) is 0 Å². The van der Waals surface area contributed by atoms with Gasteiger partial charge in [0.15, 0.2) is 0 Å². The minimum atomic E-state index is -0.00944. The maximum atomic E-state index is 12.2. The van der Waals surface area contributed by atoms with E-state index in [4.69, 9.17) is 5.73 Å². The third kappa shape index (κ3) is 2.75. The molecule has 104 valence electrons. The van der Waals surface area contributed by atoms with E-state index in [1.165, 1.54) is 12.8 Å². The van der Waals surface area contributed by atoms with Crippen molar-refractivity contribution in [3.63, 3.8) is 0 Å². The van der Waals surface area contributed by atoms with Crippen LogP contribution in [0.3, 0.4) is 0 Å². The second kappa shape index (κ2) is 5.51. The molecule has 3 N–H and O–H groups in total. The summed E-state index contributed by atoms with van der Waals surface area (Å²) in [5, 5.41) is 2.97. The van der Waals surface area contributed by atoms with Gasteiger partial charge in [-0.3, -0.25) is 4.79 Å². The molecule has 1 aliphatic carbocycles. The lowest BCUT2D eigenvalue weighted by Crippen LogP contribution is -2.25. The molecule has 0 saturated heterocycles. The van der Waals surface area contributed by atoms with E-state index in [0.717, 1.165) is 16.8 Å². The molecular weight excluding hydrogens is 250 g/mol. The molecule has 3 rings (SSSR count). The van der Waals surface area contributed by atoms with E-state index in [9.17, 15) is 4.79 Å². The standard InChI is InChI=1S/C16H19N3O/c17-10-12-3-5-13(6-4-12)11-18-16(20)15-2-1-9-19(15)14-7-8-14/h1-6,9,14H,7-8,10-11,17H2,(H,18,20). The van der Waals surface area contributed by atoms with Gasteiger partial charge in [0.25, 0.3) is 5.91 Å². The number of carbonyl (C=O) groups excluding carboxylic acids is 1. The molecule has 1 fully saturated rings. The molecule has 1 aliphatic rings. The summed E-state index contributed by atoms with van der Waals surface area (Å²) < 4.78 is 2.08. The van der Waals surface area contributed by atoms with Gasteiger partial charge in [-0.1, -0.05) is 24.3 Å². The first kappa shape index (κ1) is 12.9. The maximum Gasteiger partial charge on any atom is 0.268 e. The van der Waals surface area contributed by atoms with E-state index in [0.29, 0.717) is 19.1 Å². The SMILES string of the molecule is NCc1ccc(CNC(=O)c2cccn2C2CC2)cc1. The first-order valence-corrected chi connectivity index (χ1v) is 7.01. The van der Waals surface area contributed by atoms with Crippen molar-refractivity contribution >= 4 is 5.91 Å². The number of hydrogen-bond donors (Lipinski definition) is 2. The van der Waals surface area contributed by atoms with Gasteiger partial charge in [0.2, 0.25) is 0 Å². The van der Waals surface area contributed by atoms with E-state index in [1.54, 1.807) is 0 Å². The van der Waals surface area contributed by atoms with Crippen LogP contribution in [0.1, 0.15) is 40.5 Å². The Morgan fingerprint density at radius 1 is 1.20 bits per heavy atom. The highest BCUT2D eigenvalue weighted by atomic mass is 16.1. The molecule has 0 aliphatic heterocycles. The fourth-order valence-corrected chi connectivity index (χ4v) is 2.32. The van der Waals surface area contributed by atoms with Crippen molar-refractivity contribution in [3.8, 4) is 0 Å². The summed E-state index contributed by atoms with van der Waals surface area (Å²) in [6.45, 7) is 1.08. The number of amides is 1. The first-order chi connectivity index (χ1) is 9.78. The summed E-state index contributed by atoms with van der Waals surface area (Å²) in [5.74, 6) is -0.00944. The fourth-order valence-electron chi connectivity index (χ4n) is 2.32. The zero-order valence-electron chi connectivity index (χ0n) is 11.4. The van der Waals surface area contributed by atoms with Gasteiger partial charge in [0.1, 0.15) is 5.69 Å². The lowest BCUT2D eigenvalue weighted by atomic mass is 10.1. The van der Waals surface area contributed by atoms with Crippen molar-refractivity contribution in [3.05, 3.63) is 59.4 Å². The first-order valence-electron chi connectivity index (χ1n) is 7.01. The highest BCUT2D eigenvalue weighted by Gasteiger charge is 2.26. The van der Waals surface area contributed by atoms with Crippen LogP contribution in [0.2, 0.25) is 0 Å². The van der Waals surface area contributed by atoms with Crippen LogP contribution in [0.5, 0.6) is 0 Å². The highest BCUT2D eigenvalue weighted by molar-refractivity contribution is 5.92. The number of hydrogen-bond acceptors (Lipinski definition) is 2. The molecule has 2 aromatic rings. The van der Waals surface area contributed by atoms with Crippen molar-refractivity contribution in [1.29, 1.82) is 0 Å². The third-order valence-corrected chi connectivity index (χ3v) is 3.66. The Labute approximate surface area is 118 Å². The molecule has 1 aromatic carbocycles. The number of aromatic nitrogens is 1. The van der Waals surface area contributed by atoms with Crippen molar-refractivity contribution in [2.75, 3.05) is 0 Å². The molecule has 0 radical (unpaired) electrons. The molecule has 0 spiro atoms. The number of nitrogens with two attached hydrogens (primary N) is 1. The normalized spacial score (nSPS) is 14.2. The molecule has 1 heterocycles. The Bertz CT molecular complexity index is 596. The number of nitrogens with zero attached hydrogens (tertiary/aromatic N) is 1. The van der Waals surface area contributed by atoms with Crippen LogP contribution in [0.25, 0.3) is 0 Å². The van der Waals surface area contributed by atoms with Crippen LogP contribution >= 0.6 is 0 Å². The Balaban J connectivity index is 1.62. The smallest absolute Gasteiger partial charge is 0.268 e. The lowest BCUT2D eigenvalue weighted by molar-refractivity contribution is 0.0941. The van der Waals surface area contributed by atoms with Crippen LogP contribution in [-0.2, 0) is 13.1 Å². The second-order valence-electron chi connectivity index (χ2n) is 5.24. The average molecular weight is 269 g/mol. The molecule has 4 nitrogen and oxygen atoms in total. The Hall–Kier alpha value is -2.07. The Morgan fingerprint density at radius 2 is 1.90 bits per heavy atom. The molecule has 1 saturated carbocycles. The second-order valence-corrected chi connectivity index (χ2v) is 5.24. The quantitative estimate of drug-likeness (QED) is 0.874. The third-order valence-electron chi connectivity index (χ3n) is 3.66. The van der Waals surface area contributed by atoms with Gasteiger partial charge in [-0.2, -0.15) is 0 Å². The van der Waals surface area contributed by atoms with Crippen LogP contribution in [0.4, 0.5) is 0 Å². The van der Waals surface area contributed by atoms with E-state index in [1.807, 2.05) is 42.6 Å².